The van der Waals surface area contributed by atoms with E-state index in [2.05, 4.69) is 17.3 Å². The third-order valence-corrected chi connectivity index (χ3v) is 4.20. The van der Waals surface area contributed by atoms with Crippen LogP contribution in [-0.4, -0.2) is 15.7 Å². The van der Waals surface area contributed by atoms with Gasteiger partial charge >= 0.3 is 0 Å². The lowest BCUT2D eigenvalue weighted by Gasteiger charge is -2.12. The Labute approximate surface area is 146 Å². The molecular weight excluding hydrogens is 314 g/mol. The van der Waals surface area contributed by atoms with Gasteiger partial charge in [0.1, 0.15) is 0 Å². The molecule has 0 spiro atoms. The molecule has 1 amide bonds. The van der Waals surface area contributed by atoms with Gasteiger partial charge in [0, 0.05) is 17.6 Å². The smallest absolute Gasteiger partial charge is 0.276 e. The maximum Gasteiger partial charge on any atom is 0.276 e. The number of nitrogens with one attached hydrogen (secondary N) is 1. The van der Waals surface area contributed by atoms with Crippen molar-refractivity contribution in [1.82, 2.24) is 9.78 Å². The Balaban J connectivity index is 2.08. The summed E-state index contributed by atoms with van der Waals surface area (Å²) in [6, 6.07) is 14.7. The first-order valence-electron chi connectivity index (χ1n) is 8.48. The molecule has 0 fully saturated rings. The quantitative estimate of drug-likeness (QED) is 0.772. The third-order valence-electron chi connectivity index (χ3n) is 4.20. The Bertz CT molecular complexity index is 976. The number of carbonyl (C=O) groups excluding carboxylic acids is 1. The fourth-order valence-corrected chi connectivity index (χ4v) is 2.76. The first-order chi connectivity index (χ1) is 12.1. The number of carbonyl (C=O) groups is 1. The number of benzene rings is 2. The second-order valence-electron chi connectivity index (χ2n) is 6.05. The second kappa shape index (κ2) is 7.30. The van der Waals surface area contributed by atoms with Crippen molar-refractivity contribution in [1.29, 1.82) is 0 Å². The van der Waals surface area contributed by atoms with Gasteiger partial charge in [-0.05, 0) is 31.0 Å². The molecule has 5 nitrogen and oxygen atoms in total. The SMILES string of the molecule is CCCCn1nc(C(=O)Nc2ccccc2C)c2ccccc2c1=O. The molecule has 0 atom stereocenters. The van der Waals surface area contributed by atoms with Crippen molar-refractivity contribution < 1.29 is 4.79 Å². The fourth-order valence-electron chi connectivity index (χ4n) is 2.76. The summed E-state index contributed by atoms with van der Waals surface area (Å²) < 4.78 is 1.40. The summed E-state index contributed by atoms with van der Waals surface area (Å²) in [5, 5.41) is 8.35. The molecule has 0 bridgehead atoms. The van der Waals surface area contributed by atoms with Gasteiger partial charge in [-0.25, -0.2) is 4.68 Å². The van der Waals surface area contributed by atoms with Crippen LogP contribution in [0.25, 0.3) is 10.8 Å². The van der Waals surface area contributed by atoms with Crippen LogP contribution in [0.2, 0.25) is 0 Å². The highest BCUT2D eigenvalue weighted by atomic mass is 16.2. The van der Waals surface area contributed by atoms with Crippen LogP contribution in [0, 0.1) is 6.92 Å². The molecule has 3 aromatic rings. The average molecular weight is 335 g/mol. The van der Waals surface area contributed by atoms with Crippen molar-refractivity contribution in [3.63, 3.8) is 0 Å². The predicted molar refractivity (Wildman–Crippen MR) is 100 cm³/mol. The predicted octanol–water partition coefficient (Wildman–Crippen LogP) is 3.76. The Morgan fingerprint density at radius 3 is 2.48 bits per heavy atom. The molecule has 3 rings (SSSR count). The summed E-state index contributed by atoms with van der Waals surface area (Å²) in [6.07, 6.45) is 1.79. The Morgan fingerprint density at radius 2 is 1.76 bits per heavy atom. The lowest BCUT2D eigenvalue weighted by Crippen LogP contribution is -2.27. The minimum atomic E-state index is -0.309. The van der Waals surface area contributed by atoms with E-state index in [-0.39, 0.29) is 17.2 Å². The Morgan fingerprint density at radius 1 is 1.08 bits per heavy atom. The van der Waals surface area contributed by atoms with Crippen LogP contribution in [0.5, 0.6) is 0 Å². The van der Waals surface area contributed by atoms with Gasteiger partial charge in [0.2, 0.25) is 0 Å². The van der Waals surface area contributed by atoms with E-state index in [0.717, 1.165) is 24.1 Å². The first kappa shape index (κ1) is 16.9. The van der Waals surface area contributed by atoms with Gasteiger partial charge < -0.3 is 5.32 Å². The van der Waals surface area contributed by atoms with E-state index in [1.54, 1.807) is 18.2 Å². The summed E-state index contributed by atoms with van der Waals surface area (Å²) in [7, 11) is 0. The molecule has 0 aliphatic heterocycles. The summed E-state index contributed by atoms with van der Waals surface area (Å²) in [5.74, 6) is -0.309. The van der Waals surface area contributed by atoms with Crippen LogP contribution >= 0.6 is 0 Å². The van der Waals surface area contributed by atoms with Crippen molar-refractivity contribution in [2.75, 3.05) is 5.32 Å². The fraction of sp³-hybridized carbons (Fsp3) is 0.250. The molecule has 0 saturated heterocycles. The van der Waals surface area contributed by atoms with E-state index in [1.807, 2.05) is 37.3 Å². The van der Waals surface area contributed by atoms with Gasteiger partial charge in [0.05, 0.1) is 5.39 Å². The zero-order valence-corrected chi connectivity index (χ0v) is 14.5. The number of hydrogen-bond donors (Lipinski definition) is 1. The number of aryl methyl sites for hydroxylation is 2. The molecule has 0 unspecified atom stereocenters. The van der Waals surface area contributed by atoms with E-state index >= 15 is 0 Å². The molecule has 1 aromatic heterocycles. The standard InChI is InChI=1S/C20H21N3O2/c1-3-4-13-23-20(25)16-11-7-6-10-15(16)18(22-23)19(24)21-17-12-8-5-9-14(17)2/h5-12H,3-4,13H2,1-2H3,(H,21,24). The third kappa shape index (κ3) is 3.45. The number of para-hydroxylation sites is 1. The van der Waals surface area contributed by atoms with E-state index in [0.29, 0.717) is 17.3 Å². The Hall–Kier alpha value is -2.95. The highest BCUT2D eigenvalue weighted by Gasteiger charge is 2.17. The number of hydrogen-bond acceptors (Lipinski definition) is 3. The van der Waals surface area contributed by atoms with Crippen molar-refractivity contribution in [2.24, 2.45) is 0 Å². The Kier molecular flexibility index (Phi) is 4.93. The molecule has 0 aliphatic carbocycles. The average Bonchev–Trinajstić information content (AvgIpc) is 2.63. The van der Waals surface area contributed by atoms with Gasteiger partial charge in [-0.3, -0.25) is 9.59 Å². The number of anilines is 1. The number of nitrogens with zero attached hydrogens (tertiary/aromatic N) is 2. The summed E-state index contributed by atoms with van der Waals surface area (Å²) in [5.41, 5.74) is 1.83. The molecule has 0 aliphatic rings. The number of aromatic nitrogens is 2. The minimum absolute atomic E-state index is 0.156. The highest BCUT2D eigenvalue weighted by Crippen LogP contribution is 2.18. The van der Waals surface area contributed by atoms with Crippen LogP contribution < -0.4 is 10.9 Å². The molecule has 128 valence electrons. The van der Waals surface area contributed by atoms with Crippen molar-refractivity contribution in [2.45, 2.75) is 33.2 Å². The highest BCUT2D eigenvalue weighted by molar-refractivity contribution is 6.11. The minimum Gasteiger partial charge on any atom is -0.320 e. The van der Waals surface area contributed by atoms with Crippen LogP contribution in [0.1, 0.15) is 35.8 Å². The molecule has 1 heterocycles. The van der Waals surface area contributed by atoms with Crippen LogP contribution in [0.3, 0.4) is 0 Å². The van der Waals surface area contributed by atoms with Gasteiger partial charge in [-0.15, -0.1) is 0 Å². The lowest BCUT2D eigenvalue weighted by molar-refractivity contribution is 0.102. The first-order valence-corrected chi connectivity index (χ1v) is 8.48. The molecular formula is C20H21N3O2. The monoisotopic (exact) mass is 335 g/mol. The van der Waals surface area contributed by atoms with E-state index in [4.69, 9.17) is 0 Å². The normalized spacial score (nSPS) is 10.8. The molecule has 0 saturated carbocycles. The van der Waals surface area contributed by atoms with E-state index in [1.165, 1.54) is 4.68 Å². The zero-order chi connectivity index (χ0) is 17.8. The molecule has 0 radical (unpaired) electrons. The van der Waals surface area contributed by atoms with Gasteiger partial charge in [-0.2, -0.15) is 5.10 Å². The number of rotatable bonds is 5. The summed E-state index contributed by atoms with van der Waals surface area (Å²) in [4.78, 5) is 25.4. The summed E-state index contributed by atoms with van der Waals surface area (Å²) in [6.45, 7) is 4.49. The summed E-state index contributed by atoms with van der Waals surface area (Å²) >= 11 is 0. The number of amides is 1. The molecule has 1 N–H and O–H groups in total. The molecule has 5 heteroatoms. The number of unbranched alkanes of at least 4 members (excludes halogenated alkanes) is 1. The number of fused-ring (bicyclic) bond motifs is 1. The van der Waals surface area contributed by atoms with Crippen molar-refractivity contribution in [3.8, 4) is 0 Å². The van der Waals surface area contributed by atoms with Gasteiger partial charge in [-0.1, -0.05) is 49.7 Å². The largest absolute Gasteiger partial charge is 0.320 e. The van der Waals surface area contributed by atoms with E-state index in [9.17, 15) is 9.59 Å². The molecule has 2 aromatic carbocycles. The maximum atomic E-state index is 12.8. The van der Waals surface area contributed by atoms with Gasteiger partial charge in [0.15, 0.2) is 5.69 Å². The van der Waals surface area contributed by atoms with Crippen LogP contribution in [-0.2, 0) is 6.54 Å². The van der Waals surface area contributed by atoms with Crippen molar-refractivity contribution >= 4 is 22.4 Å². The molecule has 25 heavy (non-hydrogen) atoms. The maximum absolute atomic E-state index is 12.8. The zero-order valence-electron chi connectivity index (χ0n) is 14.5. The van der Waals surface area contributed by atoms with Gasteiger partial charge in [0.25, 0.3) is 11.5 Å². The van der Waals surface area contributed by atoms with Crippen LogP contribution in [0.4, 0.5) is 5.69 Å². The van der Waals surface area contributed by atoms with Crippen LogP contribution in [0.15, 0.2) is 53.3 Å². The second-order valence-corrected chi connectivity index (χ2v) is 6.05. The van der Waals surface area contributed by atoms with E-state index < -0.39 is 0 Å². The topological polar surface area (TPSA) is 64.0 Å². The lowest BCUT2D eigenvalue weighted by atomic mass is 10.1. The van der Waals surface area contributed by atoms with Crippen molar-refractivity contribution in [3.05, 3.63) is 70.1 Å².